The highest BCUT2D eigenvalue weighted by atomic mass is 32.2. The third kappa shape index (κ3) is 3.21. The number of thioether (sulfide) groups is 1. The molecule has 2 unspecified atom stereocenters. The van der Waals surface area contributed by atoms with Crippen molar-refractivity contribution in [3.8, 4) is 0 Å². The average molecular weight is 290 g/mol. The molecule has 20 heavy (non-hydrogen) atoms. The third-order valence-electron chi connectivity index (χ3n) is 4.21. The predicted octanol–water partition coefficient (Wildman–Crippen LogP) is 3.49. The molecule has 0 saturated carbocycles. The number of para-hydroxylation sites is 1. The molecule has 1 aromatic rings. The maximum atomic E-state index is 2.39. The highest BCUT2D eigenvalue weighted by Gasteiger charge is 2.36. The Labute approximate surface area is 127 Å². The first kappa shape index (κ1) is 15.5. The minimum atomic E-state index is 0.258. The molecule has 0 aromatic heterocycles. The lowest BCUT2D eigenvalue weighted by molar-refractivity contribution is 0.182. The van der Waals surface area contributed by atoms with Gasteiger partial charge in [-0.2, -0.15) is 0 Å². The summed E-state index contributed by atoms with van der Waals surface area (Å²) in [6.45, 7) is 2.38. The van der Waals surface area contributed by atoms with E-state index in [1.54, 1.807) is 0 Å². The van der Waals surface area contributed by atoms with Gasteiger partial charge in [0.15, 0.2) is 0 Å². The fourth-order valence-corrected chi connectivity index (χ4v) is 4.17. The van der Waals surface area contributed by atoms with Crippen LogP contribution in [-0.2, 0) is 6.42 Å². The Hall–Kier alpha value is -0.930. The van der Waals surface area contributed by atoms with Crippen LogP contribution in [0.1, 0.15) is 12.5 Å². The van der Waals surface area contributed by atoms with Crippen molar-refractivity contribution in [3.05, 3.63) is 41.3 Å². The van der Waals surface area contributed by atoms with Crippen molar-refractivity contribution < 1.29 is 0 Å². The lowest BCUT2D eigenvalue weighted by Crippen LogP contribution is -2.44. The molecule has 0 bridgehead atoms. The van der Waals surface area contributed by atoms with Crippen LogP contribution >= 0.6 is 11.8 Å². The first-order valence-electron chi connectivity index (χ1n) is 7.15. The van der Waals surface area contributed by atoms with Gasteiger partial charge in [0.2, 0.25) is 0 Å². The van der Waals surface area contributed by atoms with Gasteiger partial charge in [0, 0.05) is 37.0 Å². The van der Waals surface area contributed by atoms with Crippen LogP contribution in [0.5, 0.6) is 0 Å². The number of nitrogens with zero attached hydrogens (tertiary/aromatic N) is 2. The van der Waals surface area contributed by atoms with E-state index in [0.29, 0.717) is 6.04 Å². The van der Waals surface area contributed by atoms with Gasteiger partial charge in [0.1, 0.15) is 0 Å². The van der Waals surface area contributed by atoms with Crippen LogP contribution in [0.2, 0.25) is 0 Å². The van der Waals surface area contributed by atoms with Crippen LogP contribution < -0.4 is 4.90 Å². The zero-order valence-corrected chi connectivity index (χ0v) is 14.1. The fraction of sp³-hybridized carbons (Fsp3) is 0.529. The molecule has 0 aliphatic carbocycles. The summed E-state index contributed by atoms with van der Waals surface area (Å²) in [4.78, 5) is 4.59. The lowest BCUT2D eigenvalue weighted by atomic mass is 9.80. The SMILES string of the molecule is CN(C)c1ccccc1CC(N(C)C)C1(C)C=CSC1. The van der Waals surface area contributed by atoms with Crippen molar-refractivity contribution in [2.45, 2.75) is 19.4 Å². The summed E-state index contributed by atoms with van der Waals surface area (Å²) in [6, 6.07) is 9.27. The highest BCUT2D eigenvalue weighted by Crippen LogP contribution is 2.39. The van der Waals surface area contributed by atoms with Crippen LogP contribution in [-0.4, -0.2) is 44.9 Å². The van der Waals surface area contributed by atoms with E-state index in [9.17, 15) is 0 Å². The van der Waals surface area contributed by atoms with Gasteiger partial charge < -0.3 is 9.80 Å². The first-order chi connectivity index (χ1) is 9.44. The molecule has 0 amide bonds. The Bertz CT molecular complexity index is 482. The number of benzene rings is 1. The second-order valence-electron chi connectivity index (χ2n) is 6.33. The normalized spacial score (nSPS) is 23.3. The molecule has 3 heteroatoms. The molecule has 2 rings (SSSR count). The molecule has 0 radical (unpaired) electrons. The molecule has 2 nitrogen and oxygen atoms in total. The summed E-state index contributed by atoms with van der Waals surface area (Å²) in [5, 5.41) is 2.26. The maximum absolute atomic E-state index is 2.39. The third-order valence-corrected chi connectivity index (χ3v) is 5.33. The molecular weight excluding hydrogens is 264 g/mol. The topological polar surface area (TPSA) is 6.48 Å². The molecule has 110 valence electrons. The van der Waals surface area contributed by atoms with Crippen LogP contribution in [0, 0.1) is 5.41 Å². The average Bonchev–Trinajstić information content (AvgIpc) is 2.83. The number of hydrogen-bond acceptors (Lipinski definition) is 3. The second kappa shape index (κ2) is 6.23. The quantitative estimate of drug-likeness (QED) is 0.819. The predicted molar refractivity (Wildman–Crippen MR) is 91.7 cm³/mol. The Morgan fingerprint density at radius 3 is 2.45 bits per heavy atom. The summed E-state index contributed by atoms with van der Waals surface area (Å²) in [5.74, 6) is 1.18. The van der Waals surface area contributed by atoms with Crippen molar-refractivity contribution >= 4 is 17.4 Å². The molecule has 1 aromatic carbocycles. The largest absolute Gasteiger partial charge is 0.377 e. The van der Waals surface area contributed by atoms with Gasteiger partial charge in [0.25, 0.3) is 0 Å². The molecule has 0 N–H and O–H groups in total. The van der Waals surface area contributed by atoms with Gasteiger partial charge in [-0.05, 0) is 37.6 Å². The van der Waals surface area contributed by atoms with E-state index in [1.165, 1.54) is 17.0 Å². The standard InChI is InChI=1S/C17H26N2S/c1-17(10-11-20-13-17)16(19(4)5)12-14-8-6-7-9-15(14)18(2)3/h6-11,16H,12-13H2,1-5H3. The summed E-state index contributed by atoms with van der Waals surface area (Å²) >= 11 is 1.93. The summed E-state index contributed by atoms with van der Waals surface area (Å²) < 4.78 is 0. The van der Waals surface area contributed by atoms with Gasteiger partial charge >= 0.3 is 0 Å². The minimum absolute atomic E-state index is 0.258. The summed E-state index contributed by atoms with van der Waals surface area (Å²) in [5.41, 5.74) is 3.02. The highest BCUT2D eigenvalue weighted by molar-refractivity contribution is 8.02. The summed E-state index contributed by atoms with van der Waals surface area (Å²) in [6.07, 6.45) is 3.48. The molecule has 0 saturated heterocycles. The Kier molecular flexibility index (Phi) is 4.82. The zero-order chi connectivity index (χ0) is 14.8. The van der Waals surface area contributed by atoms with Gasteiger partial charge in [-0.1, -0.05) is 31.2 Å². The fourth-order valence-electron chi connectivity index (χ4n) is 3.02. The van der Waals surface area contributed by atoms with Crippen molar-refractivity contribution in [3.63, 3.8) is 0 Å². The van der Waals surface area contributed by atoms with Crippen molar-refractivity contribution in [2.75, 3.05) is 38.8 Å². The zero-order valence-electron chi connectivity index (χ0n) is 13.3. The summed E-state index contributed by atoms with van der Waals surface area (Å²) in [7, 11) is 8.64. The van der Waals surface area contributed by atoms with Gasteiger partial charge in [-0.15, -0.1) is 11.8 Å². The van der Waals surface area contributed by atoms with Crippen molar-refractivity contribution in [2.24, 2.45) is 5.41 Å². The Morgan fingerprint density at radius 1 is 1.20 bits per heavy atom. The van der Waals surface area contributed by atoms with E-state index < -0.39 is 0 Å². The van der Waals surface area contributed by atoms with E-state index in [2.05, 4.69) is 80.7 Å². The van der Waals surface area contributed by atoms with E-state index >= 15 is 0 Å². The Balaban J connectivity index is 2.28. The second-order valence-corrected chi connectivity index (χ2v) is 7.22. The molecular formula is C17H26N2S. The molecule has 1 aliphatic rings. The van der Waals surface area contributed by atoms with Gasteiger partial charge in [0.05, 0.1) is 0 Å². The van der Waals surface area contributed by atoms with E-state index in [4.69, 9.17) is 0 Å². The van der Waals surface area contributed by atoms with Crippen LogP contribution in [0.4, 0.5) is 5.69 Å². The molecule has 0 fully saturated rings. The van der Waals surface area contributed by atoms with E-state index in [1.807, 2.05) is 11.8 Å². The van der Waals surface area contributed by atoms with Crippen molar-refractivity contribution in [1.82, 2.24) is 4.90 Å². The van der Waals surface area contributed by atoms with Gasteiger partial charge in [-0.25, -0.2) is 0 Å². The van der Waals surface area contributed by atoms with Crippen LogP contribution in [0.15, 0.2) is 35.7 Å². The van der Waals surface area contributed by atoms with Crippen LogP contribution in [0.25, 0.3) is 0 Å². The van der Waals surface area contributed by atoms with E-state index in [-0.39, 0.29) is 5.41 Å². The van der Waals surface area contributed by atoms with Gasteiger partial charge in [-0.3, -0.25) is 0 Å². The lowest BCUT2D eigenvalue weighted by Gasteiger charge is -2.38. The monoisotopic (exact) mass is 290 g/mol. The van der Waals surface area contributed by atoms with Crippen LogP contribution in [0.3, 0.4) is 0 Å². The number of rotatable bonds is 5. The minimum Gasteiger partial charge on any atom is -0.377 e. The molecule has 2 atom stereocenters. The number of anilines is 1. The van der Waals surface area contributed by atoms with Crippen molar-refractivity contribution in [1.29, 1.82) is 0 Å². The molecule has 0 spiro atoms. The number of hydrogen-bond donors (Lipinski definition) is 0. The maximum Gasteiger partial charge on any atom is 0.0394 e. The smallest absolute Gasteiger partial charge is 0.0394 e. The Morgan fingerprint density at radius 2 is 1.90 bits per heavy atom. The van der Waals surface area contributed by atoms with E-state index in [0.717, 1.165) is 6.42 Å². The molecule has 1 heterocycles. The molecule has 1 aliphatic heterocycles. The first-order valence-corrected chi connectivity index (χ1v) is 8.20. The number of likely N-dealkylation sites (N-methyl/N-ethyl adjacent to an activating group) is 1.